The number of H-pyrrole nitrogens is 1. The number of aromatic amines is 1. The highest BCUT2D eigenvalue weighted by Gasteiger charge is 2.34. The van der Waals surface area contributed by atoms with Gasteiger partial charge in [0.15, 0.2) is 0 Å². The number of nitrogens with two attached hydrogens (primary N) is 1. The zero-order chi connectivity index (χ0) is 16.7. The fourth-order valence-corrected chi connectivity index (χ4v) is 3.91. The lowest BCUT2D eigenvalue weighted by molar-refractivity contribution is 0.340. The van der Waals surface area contributed by atoms with Crippen molar-refractivity contribution < 1.29 is 0 Å². The van der Waals surface area contributed by atoms with Crippen LogP contribution in [-0.2, 0) is 5.54 Å². The van der Waals surface area contributed by atoms with Gasteiger partial charge in [0.05, 0.1) is 5.39 Å². The maximum Gasteiger partial charge on any atom is 0.142 e. The number of halogens is 1. The van der Waals surface area contributed by atoms with Crippen LogP contribution in [0.15, 0.2) is 36.8 Å². The van der Waals surface area contributed by atoms with E-state index in [1.165, 1.54) is 5.56 Å². The molecule has 0 saturated carbocycles. The smallest absolute Gasteiger partial charge is 0.142 e. The molecule has 0 unspecified atom stereocenters. The number of piperidine rings is 1. The first-order valence-corrected chi connectivity index (χ1v) is 8.53. The number of nitrogens with one attached hydrogen (secondary N) is 1. The number of rotatable bonds is 2. The molecule has 3 N–H and O–H groups in total. The predicted molar refractivity (Wildman–Crippen MR) is 97.4 cm³/mol. The van der Waals surface area contributed by atoms with Gasteiger partial charge in [0, 0.05) is 29.8 Å². The second kappa shape index (κ2) is 5.76. The number of benzene rings is 1. The van der Waals surface area contributed by atoms with Gasteiger partial charge in [0.2, 0.25) is 0 Å². The lowest BCUT2D eigenvalue weighted by atomic mass is 9.80. The van der Waals surface area contributed by atoms with Crippen molar-refractivity contribution in [1.82, 2.24) is 15.0 Å². The van der Waals surface area contributed by atoms with Crippen LogP contribution in [0.2, 0.25) is 5.02 Å². The van der Waals surface area contributed by atoms with Gasteiger partial charge in [-0.05, 0) is 49.1 Å². The molecular weight excluding hydrogens is 322 g/mol. The van der Waals surface area contributed by atoms with Crippen LogP contribution in [0.4, 0.5) is 5.82 Å². The molecule has 124 valence electrons. The summed E-state index contributed by atoms with van der Waals surface area (Å²) in [6.07, 6.45) is 5.27. The van der Waals surface area contributed by atoms with Crippen molar-refractivity contribution in [1.29, 1.82) is 0 Å². The van der Waals surface area contributed by atoms with Crippen LogP contribution in [0.25, 0.3) is 11.0 Å². The Bertz CT molecular complexity index is 880. The lowest BCUT2D eigenvalue weighted by Gasteiger charge is -2.41. The second-order valence-electron chi connectivity index (χ2n) is 6.54. The summed E-state index contributed by atoms with van der Waals surface area (Å²) in [7, 11) is 0. The van der Waals surface area contributed by atoms with Crippen molar-refractivity contribution in [3.63, 3.8) is 0 Å². The predicted octanol–water partition coefficient (Wildman–Crippen LogP) is 3.37. The molecule has 1 aromatic carbocycles. The molecule has 0 bridgehead atoms. The van der Waals surface area contributed by atoms with Crippen LogP contribution < -0.4 is 10.6 Å². The zero-order valence-electron chi connectivity index (χ0n) is 13.6. The minimum Gasteiger partial charge on any atom is -0.356 e. The normalized spacial score (nSPS) is 17.4. The van der Waals surface area contributed by atoms with Gasteiger partial charge < -0.3 is 15.6 Å². The average Bonchev–Trinajstić information content (AvgIpc) is 3.04. The molecule has 2 aromatic heterocycles. The summed E-state index contributed by atoms with van der Waals surface area (Å²) in [6.45, 7) is 3.82. The Hall–Kier alpha value is -2.11. The fourth-order valence-electron chi connectivity index (χ4n) is 3.68. The molecule has 5 nitrogen and oxygen atoms in total. The SMILES string of the molecule is Cc1cc(Cl)ccc1C1(N)CCN(c2ncnc3[nH]ccc23)CC1. The summed E-state index contributed by atoms with van der Waals surface area (Å²) < 4.78 is 0. The van der Waals surface area contributed by atoms with Crippen LogP contribution in [-0.4, -0.2) is 28.0 Å². The van der Waals surface area contributed by atoms with E-state index in [-0.39, 0.29) is 5.54 Å². The average molecular weight is 342 g/mol. The molecule has 3 aromatic rings. The zero-order valence-corrected chi connectivity index (χ0v) is 14.3. The Balaban J connectivity index is 1.59. The van der Waals surface area contributed by atoms with Gasteiger partial charge >= 0.3 is 0 Å². The van der Waals surface area contributed by atoms with Crippen LogP contribution in [0.1, 0.15) is 24.0 Å². The van der Waals surface area contributed by atoms with E-state index in [1.54, 1.807) is 6.33 Å². The van der Waals surface area contributed by atoms with E-state index < -0.39 is 0 Å². The van der Waals surface area contributed by atoms with Crippen LogP contribution in [0, 0.1) is 6.92 Å². The molecule has 24 heavy (non-hydrogen) atoms. The molecule has 1 aliphatic rings. The number of anilines is 1. The Labute approximate surface area is 145 Å². The number of hydrogen-bond donors (Lipinski definition) is 2. The minimum absolute atomic E-state index is 0.310. The van der Waals surface area contributed by atoms with Gasteiger partial charge in [-0.3, -0.25) is 0 Å². The van der Waals surface area contributed by atoms with Crippen molar-refractivity contribution in [3.8, 4) is 0 Å². The summed E-state index contributed by atoms with van der Waals surface area (Å²) in [5.41, 5.74) is 9.67. The largest absolute Gasteiger partial charge is 0.356 e. The molecule has 1 saturated heterocycles. The molecule has 4 rings (SSSR count). The highest BCUT2D eigenvalue weighted by molar-refractivity contribution is 6.30. The van der Waals surface area contributed by atoms with Crippen LogP contribution in [0.3, 0.4) is 0 Å². The Kier molecular flexibility index (Phi) is 3.70. The molecule has 1 fully saturated rings. The quantitative estimate of drug-likeness (QED) is 0.749. The van der Waals surface area contributed by atoms with Crippen molar-refractivity contribution in [2.45, 2.75) is 25.3 Å². The van der Waals surface area contributed by atoms with Crippen molar-refractivity contribution in [3.05, 3.63) is 52.9 Å². The summed E-state index contributed by atoms with van der Waals surface area (Å²) >= 11 is 6.08. The number of hydrogen-bond acceptors (Lipinski definition) is 4. The van der Waals surface area contributed by atoms with Gasteiger partial charge in [-0.2, -0.15) is 0 Å². The molecule has 0 radical (unpaired) electrons. The van der Waals surface area contributed by atoms with Crippen molar-refractivity contribution in [2.24, 2.45) is 5.73 Å². The van der Waals surface area contributed by atoms with Crippen molar-refractivity contribution in [2.75, 3.05) is 18.0 Å². The first-order chi connectivity index (χ1) is 11.6. The fraction of sp³-hybridized carbons (Fsp3) is 0.333. The molecule has 1 aliphatic heterocycles. The third-order valence-corrected chi connectivity index (χ3v) is 5.25. The van der Waals surface area contributed by atoms with Crippen molar-refractivity contribution >= 4 is 28.5 Å². The van der Waals surface area contributed by atoms with E-state index in [0.29, 0.717) is 0 Å². The molecule has 0 aliphatic carbocycles. The van der Waals surface area contributed by atoms with E-state index in [4.69, 9.17) is 17.3 Å². The van der Waals surface area contributed by atoms with Gasteiger partial charge in [-0.25, -0.2) is 9.97 Å². The van der Waals surface area contributed by atoms with Gasteiger partial charge in [-0.15, -0.1) is 0 Å². The molecule has 3 heterocycles. The van der Waals surface area contributed by atoms with Gasteiger partial charge in [0.1, 0.15) is 17.8 Å². The monoisotopic (exact) mass is 341 g/mol. The molecule has 6 heteroatoms. The Morgan fingerprint density at radius 2 is 2.00 bits per heavy atom. The highest BCUT2D eigenvalue weighted by atomic mass is 35.5. The van der Waals surface area contributed by atoms with E-state index in [9.17, 15) is 0 Å². The highest BCUT2D eigenvalue weighted by Crippen LogP contribution is 2.35. The van der Waals surface area contributed by atoms with Gasteiger partial charge in [-0.1, -0.05) is 17.7 Å². The lowest BCUT2D eigenvalue weighted by Crippen LogP contribution is -2.48. The van der Waals surface area contributed by atoms with E-state index in [0.717, 1.165) is 53.4 Å². The summed E-state index contributed by atoms with van der Waals surface area (Å²) in [5.74, 6) is 0.983. The minimum atomic E-state index is -0.310. The Morgan fingerprint density at radius 1 is 1.21 bits per heavy atom. The standard InChI is InChI=1S/C18H20ClN5/c1-12-10-13(19)2-3-15(12)18(20)5-8-24(9-6-18)17-14-4-7-21-16(14)22-11-23-17/h2-4,7,10-11H,5-6,8-9,20H2,1H3,(H,21,22,23). The maximum absolute atomic E-state index is 6.76. The number of nitrogens with zero attached hydrogens (tertiary/aromatic N) is 3. The summed E-state index contributed by atoms with van der Waals surface area (Å²) in [6, 6.07) is 8.02. The van der Waals surface area contributed by atoms with Crippen LogP contribution in [0.5, 0.6) is 0 Å². The second-order valence-corrected chi connectivity index (χ2v) is 6.98. The molecule has 0 amide bonds. The van der Waals surface area contributed by atoms with E-state index in [1.807, 2.05) is 24.4 Å². The van der Waals surface area contributed by atoms with E-state index in [2.05, 4.69) is 32.8 Å². The molecular formula is C18H20ClN5. The number of aryl methyl sites for hydroxylation is 1. The third kappa shape index (κ3) is 2.54. The third-order valence-electron chi connectivity index (χ3n) is 5.01. The molecule has 0 spiro atoms. The van der Waals surface area contributed by atoms with Gasteiger partial charge in [0.25, 0.3) is 0 Å². The first kappa shape index (κ1) is 15.4. The first-order valence-electron chi connectivity index (χ1n) is 8.15. The topological polar surface area (TPSA) is 70.8 Å². The van der Waals surface area contributed by atoms with E-state index >= 15 is 0 Å². The molecule has 0 atom stereocenters. The number of fused-ring (bicyclic) bond motifs is 1. The summed E-state index contributed by atoms with van der Waals surface area (Å²) in [5, 5.41) is 1.82. The summed E-state index contributed by atoms with van der Waals surface area (Å²) in [4.78, 5) is 14.2. The number of aromatic nitrogens is 3. The maximum atomic E-state index is 6.76. The van der Waals surface area contributed by atoms with Crippen LogP contribution >= 0.6 is 11.6 Å². The Morgan fingerprint density at radius 3 is 2.75 bits per heavy atom.